The van der Waals surface area contributed by atoms with Crippen LogP contribution in [0, 0.1) is 5.92 Å². The van der Waals surface area contributed by atoms with Crippen molar-refractivity contribution < 1.29 is 19.1 Å². The Morgan fingerprint density at radius 1 is 1.15 bits per heavy atom. The minimum absolute atomic E-state index is 0.0506. The number of hydrogen-bond acceptors (Lipinski definition) is 5. The van der Waals surface area contributed by atoms with E-state index in [-0.39, 0.29) is 24.3 Å². The van der Waals surface area contributed by atoms with Gasteiger partial charge in [0.2, 0.25) is 11.8 Å². The summed E-state index contributed by atoms with van der Waals surface area (Å²) in [6, 6.07) is -0.491. The highest BCUT2D eigenvalue weighted by molar-refractivity contribution is 5.88. The van der Waals surface area contributed by atoms with Crippen LogP contribution in [0.4, 0.5) is 0 Å². The Balaban J connectivity index is 2.45. The third-order valence-corrected chi connectivity index (χ3v) is 5.09. The fourth-order valence-electron chi connectivity index (χ4n) is 3.50. The number of nitrogens with one attached hydrogen (secondary N) is 1. The normalized spacial score (nSPS) is 16.0. The maximum Gasteiger partial charge on any atom is 0.305 e. The molecule has 0 aromatic heterocycles. The molecule has 0 heterocycles. The van der Waals surface area contributed by atoms with Gasteiger partial charge in [-0.05, 0) is 25.2 Å². The Morgan fingerprint density at radius 2 is 1.85 bits per heavy atom. The molecule has 0 radical (unpaired) electrons. The van der Waals surface area contributed by atoms with E-state index in [0.717, 1.165) is 32.1 Å². The zero-order valence-electron chi connectivity index (χ0n) is 16.3. The Hall–Kier alpha value is -1.63. The molecule has 3 N–H and O–H groups in total. The molecular formula is C19H35N3O4. The van der Waals surface area contributed by atoms with E-state index < -0.39 is 6.04 Å². The van der Waals surface area contributed by atoms with E-state index in [1.54, 1.807) is 11.9 Å². The SMILES string of the molecule is COC(=O)CCCCCN(C)C(=O)[C@H](CC1CCCCC1)NC(=O)CN. The molecule has 7 heteroatoms. The summed E-state index contributed by atoms with van der Waals surface area (Å²) < 4.78 is 4.61. The maximum absolute atomic E-state index is 12.8. The number of amides is 2. The van der Waals surface area contributed by atoms with Gasteiger partial charge in [0.25, 0.3) is 0 Å². The van der Waals surface area contributed by atoms with Crippen molar-refractivity contribution in [2.45, 2.75) is 70.3 Å². The summed E-state index contributed by atoms with van der Waals surface area (Å²) in [7, 11) is 3.15. The van der Waals surface area contributed by atoms with E-state index in [9.17, 15) is 14.4 Å². The largest absolute Gasteiger partial charge is 0.469 e. The number of unbranched alkanes of at least 4 members (excludes halogenated alkanes) is 2. The van der Waals surface area contributed by atoms with Gasteiger partial charge in [-0.1, -0.05) is 38.5 Å². The van der Waals surface area contributed by atoms with Crippen molar-refractivity contribution in [3.8, 4) is 0 Å². The Labute approximate surface area is 157 Å². The predicted octanol–water partition coefficient (Wildman–Crippen LogP) is 1.59. The average molecular weight is 370 g/mol. The van der Waals surface area contributed by atoms with Crippen LogP contribution in [0.25, 0.3) is 0 Å². The van der Waals surface area contributed by atoms with Crippen molar-refractivity contribution in [3.05, 3.63) is 0 Å². The molecule has 1 fully saturated rings. The summed E-state index contributed by atoms with van der Waals surface area (Å²) in [4.78, 5) is 37.3. The number of nitrogens with two attached hydrogens (primary N) is 1. The third kappa shape index (κ3) is 8.65. The molecule has 0 spiro atoms. The van der Waals surface area contributed by atoms with Crippen LogP contribution in [0.5, 0.6) is 0 Å². The molecular weight excluding hydrogens is 334 g/mol. The van der Waals surface area contributed by atoms with Crippen LogP contribution in [0.1, 0.15) is 64.2 Å². The van der Waals surface area contributed by atoms with E-state index in [4.69, 9.17) is 5.73 Å². The standard InChI is InChI=1S/C19H35N3O4/c1-22(12-8-4-7-11-18(24)26-2)19(25)16(21-17(23)14-20)13-15-9-5-3-6-10-15/h15-16H,3-14,20H2,1-2H3,(H,21,23)/t16-/m0/s1. The number of ether oxygens (including phenoxy) is 1. The molecule has 0 bridgehead atoms. The molecule has 1 saturated carbocycles. The van der Waals surface area contributed by atoms with Gasteiger partial charge in [-0.2, -0.15) is 0 Å². The molecule has 7 nitrogen and oxygen atoms in total. The number of rotatable bonds is 11. The fraction of sp³-hybridized carbons (Fsp3) is 0.842. The molecule has 0 aliphatic heterocycles. The maximum atomic E-state index is 12.8. The quantitative estimate of drug-likeness (QED) is 0.425. The lowest BCUT2D eigenvalue weighted by Gasteiger charge is -2.29. The number of esters is 1. The lowest BCUT2D eigenvalue weighted by molar-refractivity contribution is -0.140. The Morgan fingerprint density at radius 3 is 2.46 bits per heavy atom. The van der Waals surface area contributed by atoms with Crippen molar-refractivity contribution in [3.63, 3.8) is 0 Å². The second-order valence-corrected chi connectivity index (χ2v) is 7.21. The van der Waals surface area contributed by atoms with Crippen LogP contribution in [0.15, 0.2) is 0 Å². The van der Waals surface area contributed by atoms with E-state index >= 15 is 0 Å². The van der Waals surface area contributed by atoms with Crippen molar-refractivity contribution >= 4 is 17.8 Å². The lowest BCUT2D eigenvalue weighted by Crippen LogP contribution is -2.50. The van der Waals surface area contributed by atoms with Crippen LogP contribution in [-0.4, -0.2) is 56.0 Å². The van der Waals surface area contributed by atoms with Gasteiger partial charge < -0.3 is 20.7 Å². The van der Waals surface area contributed by atoms with Crippen molar-refractivity contribution in [1.82, 2.24) is 10.2 Å². The number of methoxy groups -OCH3 is 1. The Bertz CT molecular complexity index is 450. The molecule has 150 valence electrons. The first-order valence-corrected chi connectivity index (χ1v) is 9.79. The van der Waals surface area contributed by atoms with Crippen LogP contribution >= 0.6 is 0 Å². The van der Waals surface area contributed by atoms with E-state index in [1.807, 2.05) is 0 Å². The number of hydrogen-bond donors (Lipinski definition) is 2. The van der Waals surface area contributed by atoms with Gasteiger partial charge in [0.15, 0.2) is 0 Å². The fourth-order valence-corrected chi connectivity index (χ4v) is 3.50. The monoisotopic (exact) mass is 369 g/mol. The molecule has 0 aromatic rings. The zero-order chi connectivity index (χ0) is 19.4. The Kier molecular flexibility index (Phi) is 10.9. The first-order valence-electron chi connectivity index (χ1n) is 9.79. The summed E-state index contributed by atoms with van der Waals surface area (Å²) in [6.45, 7) is 0.505. The predicted molar refractivity (Wildman–Crippen MR) is 100 cm³/mol. The smallest absolute Gasteiger partial charge is 0.305 e. The van der Waals surface area contributed by atoms with Crippen molar-refractivity contribution in [2.75, 3.05) is 27.2 Å². The average Bonchev–Trinajstić information content (AvgIpc) is 2.66. The summed E-state index contributed by atoms with van der Waals surface area (Å²) in [5, 5.41) is 2.80. The van der Waals surface area contributed by atoms with E-state index in [2.05, 4.69) is 10.1 Å². The van der Waals surface area contributed by atoms with Gasteiger partial charge >= 0.3 is 5.97 Å². The first-order chi connectivity index (χ1) is 12.5. The van der Waals surface area contributed by atoms with Gasteiger partial charge in [0, 0.05) is 20.0 Å². The summed E-state index contributed by atoms with van der Waals surface area (Å²) in [6.07, 6.45) is 9.44. The highest BCUT2D eigenvalue weighted by Gasteiger charge is 2.27. The molecule has 0 unspecified atom stereocenters. The molecule has 0 saturated heterocycles. The van der Waals surface area contributed by atoms with E-state index in [0.29, 0.717) is 25.3 Å². The second kappa shape index (κ2) is 12.7. The minimum atomic E-state index is -0.491. The van der Waals surface area contributed by atoms with E-state index in [1.165, 1.54) is 26.4 Å². The summed E-state index contributed by atoms with van der Waals surface area (Å²) >= 11 is 0. The highest BCUT2D eigenvalue weighted by Crippen LogP contribution is 2.27. The van der Waals surface area contributed by atoms with Gasteiger partial charge in [0.05, 0.1) is 13.7 Å². The molecule has 1 rings (SSSR count). The van der Waals surface area contributed by atoms with Crippen molar-refractivity contribution in [2.24, 2.45) is 11.7 Å². The van der Waals surface area contributed by atoms with Crippen LogP contribution < -0.4 is 11.1 Å². The minimum Gasteiger partial charge on any atom is -0.469 e. The summed E-state index contributed by atoms with van der Waals surface area (Å²) in [5.74, 6) is -0.0494. The van der Waals surface area contributed by atoms with Gasteiger partial charge in [0.1, 0.15) is 6.04 Å². The van der Waals surface area contributed by atoms with Crippen LogP contribution in [0.2, 0.25) is 0 Å². The highest BCUT2D eigenvalue weighted by atomic mass is 16.5. The van der Waals surface area contributed by atoms with Crippen LogP contribution in [0.3, 0.4) is 0 Å². The molecule has 1 aliphatic rings. The molecule has 1 atom stereocenters. The first kappa shape index (κ1) is 22.4. The lowest BCUT2D eigenvalue weighted by atomic mass is 9.84. The summed E-state index contributed by atoms with van der Waals surface area (Å²) in [5.41, 5.74) is 5.40. The molecule has 1 aliphatic carbocycles. The number of carbonyl (C=O) groups excluding carboxylic acids is 3. The van der Waals surface area contributed by atoms with Crippen LogP contribution in [-0.2, 0) is 19.1 Å². The third-order valence-electron chi connectivity index (χ3n) is 5.09. The number of carbonyl (C=O) groups is 3. The zero-order valence-corrected chi connectivity index (χ0v) is 16.3. The molecule has 2 amide bonds. The second-order valence-electron chi connectivity index (χ2n) is 7.21. The van der Waals surface area contributed by atoms with Gasteiger partial charge in [-0.15, -0.1) is 0 Å². The van der Waals surface area contributed by atoms with Gasteiger partial charge in [-0.25, -0.2) is 0 Å². The van der Waals surface area contributed by atoms with Crippen molar-refractivity contribution in [1.29, 1.82) is 0 Å². The molecule has 0 aromatic carbocycles. The van der Waals surface area contributed by atoms with Gasteiger partial charge in [-0.3, -0.25) is 14.4 Å². The number of likely N-dealkylation sites (N-methyl/N-ethyl adjacent to an activating group) is 1. The molecule has 26 heavy (non-hydrogen) atoms. The topological polar surface area (TPSA) is 102 Å². The number of nitrogens with zero attached hydrogens (tertiary/aromatic N) is 1.